The molecule has 3 heteroatoms. The molecule has 0 spiro atoms. The molecule has 0 bridgehead atoms. The van der Waals surface area contributed by atoms with Gasteiger partial charge < -0.3 is 9.84 Å². The molecule has 0 amide bonds. The number of unbranched alkanes of at least 4 members (excludes halogenated alkanes) is 1. The smallest absolute Gasteiger partial charge is 0.125 e. The SMILES string of the molecule is CCCCN(C)C1COc2ccc(C(C)C)cc2C1O. The van der Waals surface area contributed by atoms with Gasteiger partial charge in [0.1, 0.15) is 18.5 Å². The summed E-state index contributed by atoms with van der Waals surface area (Å²) in [5, 5.41) is 10.7. The van der Waals surface area contributed by atoms with Gasteiger partial charge in [0.05, 0.1) is 6.04 Å². The highest BCUT2D eigenvalue weighted by molar-refractivity contribution is 5.42. The summed E-state index contributed by atoms with van der Waals surface area (Å²) >= 11 is 0. The van der Waals surface area contributed by atoms with Crippen LogP contribution >= 0.6 is 0 Å². The van der Waals surface area contributed by atoms with Gasteiger partial charge in [0.15, 0.2) is 0 Å². The van der Waals surface area contributed by atoms with Crippen molar-refractivity contribution in [1.29, 1.82) is 0 Å². The van der Waals surface area contributed by atoms with Crippen molar-refractivity contribution in [2.24, 2.45) is 0 Å². The predicted octanol–water partition coefficient (Wildman–Crippen LogP) is 3.34. The summed E-state index contributed by atoms with van der Waals surface area (Å²) in [6, 6.07) is 6.24. The first-order chi connectivity index (χ1) is 9.54. The first-order valence-electron chi connectivity index (χ1n) is 7.69. The van der Waals surface area contributed by atoms with E-state index >= 15 is 0 Å². The van der Waals surface area contributed by atoms with Crippen LogP contribution in [0.5, 0.6) is 5.75 Å². The van der Waals surface area contributed by atoms with Gasteiger partial charge in [-0.15, -0.1) is 0 Å². The van der Waals surface area contributed by atoms with Gasteiger partial charge in [-0.2, -0.15) is 0 Å². The highest BCUT2D eigenvalue weighted by Crippen LogP contribution is 2.36. The molecule has 0 aromatic heterocycles. The van der Waals surface area contributed by atoms with Gasteiger partial charge in [0.25, 0.3) is 0 Å². The Bertz CT molecular complexity index is 445. The summed E-state index contributed by atoms with van der Waals surface area (Å²) in [7, 11) is 2.07. The Morgan fingerprint density at radius 3 is 2.80 bits per heavy atom. The Kier molecular flexibility index (Phi) is 5.06. The van der Waals surface area contributed by atoms with E-state index in [9.17, 15) is 5.11 Å². The fourth-order valence-corrected chi connectivity index (χ4v) is 2.70. The van der Waals surface area contributed by atoms with Crippen LogP contribution in [0.4, 0.5) is 0 Å². The molecule has 0 aliphatic carbocycles. The van der Waals surface area contributed by atoms with E-state index in [1.165, 1.54) is 12.0 Å². The minimum Gasteiger partial charge on any atom is -0.491 e. The molecule has 2 rings (SSSR count). The largest absolute Gasteiger partial charge is 0.491 e. The molecule has 1 aliphatic heterocycles. The van der Waals surface area contributed by atoms with Crippen molar-refractivity contribution in [3.8, 4) is 5.75 Å². The van der Waals surface area contributed by atoms with Crippen molar-refractivity contribution in [1.82, 2.24) is 4.90 Å². The Morgan fingerprint density at radius 2 is 2.15 bits per heavy atom. The van der Waals surface area contributed by atoms with E-state index in [0.717, 1.165) is 24.3 Å². The van der Waals surface area contributed by atoms with Crippen LogP contribution in [0.2, 0.25) is 0 Å². The second kappa shape index (κ2) is 6.59. The number of aliphatic hydroxyl groups is 1. The molecule has 112 valence electrons. The van der Waals surface area contributed by atoms with Crippen LogP contribution in [-0.2, 0) is 0 Å². The Labute approximate surface area is 122 Å². The third-order valence-corrected chi connectivity index (χ3v) is 4.22. The lowest BCUT2D eigenvalue weighted by Crippen LogP contribution is -2.44. The van der Waals surface area contributed by atoms with E-state index in [0.29, 0.717) is 12.5 Å². The molecule has 0 saturated carbocycles. The second-order valence-electron chi connectivity index (χ2n) is 6.11. The lowest BCUT2D eigenvalue weighted by molar-refractivity contribution is 0.0146. The molecule has 20 heavy (non-hydrogen) atoms. The third-order valence-electron chi connectivity index (χ3n) is 4.22. The lowest BCUT2D eigenvalue weighted by Gasteiger charge is -2.36. The maximum absolute atomic E-state index is 10.7. The Morgan fingerprint density at radius 1 is 1.40 bits per heavy atom. The molecular weight excluding hydrogens is 250 g/mol. The monoisotopic (exact) mass is 277 g/mol. The standard InChI is InChI=1S/C17H27NO2/c1-5-6-9-18(4)15-11-20-16-8-7-13(12(2)3)10-14(16)17(15)19/h7-8,10,12,15,17,19H,5-6,9,11H2,1-4H3. The van der Waals surface area contributed by atoms with Gasteiger partial charge in [-0.25, -0.2) is 0 Å². The van der Waals surface area contributed by atoms with Crippen molar-refractivity contribution in [3.05, 3.63) is 29.3 Å². The average molecular weight is 277 g/mol. The molecule has 2 unspecified atom stereocenters. The highest BCUT2D eigenvalue weighted by Gasteiger charge is 2.32. The Hall–Kier alpha value is -1.06. The molecule has 0 fully saturated rings. The van der Waals surface area contributed by atoms with Gasteiger partial charge in [0.2, 0.25) is 0 Å². The molecule has 1 aromatic carbocycles. The number of likely N-dealkylation sites (N-methyl/N-ethyl adjacent to an activating group) is 1. The molecule has 1 heterocycles. The fraction of sp³-hybridized carbons (Fsp3) is 0.647. The number of benzene rings is 1. The molecule has 1 aromatic rings. The summed E-state index contributed by atoms with van der Waals surface area (Å²) in [6.45, 7) is 8.09. The minimum atomic E-state index is -0.459. The van der Waals surface area contributed by atoms with E-state index in [1.807, 2.05) is 6.07 Å². The third kappa shape index (κ3) is 3.15. The molecule has 1 N–H and O–H groups in total. The van der Waals surface area contributed by atoms with Crippen LogP contribution in [-0.4, -0.2) is 36.2 Å². The van der Waals surface area contributed by atoms with Crippen LogP contribution in [0.25, 0.3) is 0 Å². The number of fused-ring (bicyclic) bond motifs is 1. The fourth-order valence-electron chi connectivity index (χ4n) is 2.70. The van der Waals surface area contributed by atoms with Gasteiger partial charge in [-0.05, 0) is 43.6 Å². The van der Waals surface area contributed by atoms with Crippen molar-refractivity contribution >= 4 is 0 Å². The summed E-state index contributed by atoms with van der Waals surface area (Å²) in [5.41, 5.74) is 2.19. The molecule has 2 atom stereocenters. The van der Waals surface area contributed by atoms with E-state index in [4.69, 9.17) is 4.74 Å². The zero-order chi connectivity index (χ0) is 14.7. The van der Waals surface area contributed by atoms with E-state index < -0.39 is 6.10 Å². The molecular formula is C17H27NO2. The van der Waals surface area contributed by atoms with Crippen molar-refractivity contribution in [3.63, 3.8) is 0 Å². The number of hydrogen-bond acceptors (Lipinski definition) is 3. The number of aliphatic hydroxyl groups excluding tert-OH is 1. The summed E-state index contributed by atoms with van der Waals surface area (Å²) in [6.07, 6.45) is 1.86. The number of nitrogens with zero attached hydrogens (tertiary/aromatic N) is 1. The zero-order valence-electron chi connectivity index (χ0n) is 13.1. The number of hydrogen-bond donors (Lipinski definition) is 1. The predicted molar refractivity (Wildman–Crippen MR) is 82.3 cm³/mol. The van der Waals surface area contributed by atoms with Crippen LogP contribution in [0.15, 0.2) is 18.2 Å². The Balaban J connectivity index is 2.18. The number of rotatable bonds is 5. The van der Waals surface area contributed by atoms with Crippen molar-refractivity contribution < 1.29 is 9.84 Å². The maximum atomic E-state index is 10.7. The average Bonchev–Trinajstić information content (AvgIpc) is 2.44. The molecule has 0 radical (unpaired) electrons. The first kappa shape index (κ1) is 15.3. The van der Waals surface area contributed by atoms with Gasteiger partial charge in [-0.1, -0.05) is 33.3 Å². The van der Waals surface area contributed by atoms with Crippen LogP contribution in [0, 0.1) is 0 Å². The maximum Gasteiger partial charge on any atom is 0.125 e. The molecule has 0 saturated heterocycles. The summed E-state index contributed by atoms with van der Waals surface area (Å²) in [4.78, 5) is 2.22. The lowest BCUT2D eigenvalue weighted by atomic mass is 9.93. The van der Waals surface area contributed by atoms with Crippen molar-refractivity contribution in [2.45, 2.75) is 51.7 Å². The van der Waals surface area contributed by atoms with Crippen molar-refractivity contribution in [2.75, 3.05) is 20.2 Å². The summed E-state index contributed by atoms with van der Waals surface area (Å²) < 4.78 is 5.84. The minimum absolute atomic E-state index is 0.0523. The first-order valence-corrected chi connectivity index (χ1v) is 7.69. The summed E-state index contributed by atoms with van der Waals surface area (Å²) in [5.74, 6) is 1.30. The van der Waals surface area contributed by atoms with Crippen LogP contribution < -0.4 is 4.74 Å². The van der Waals surface area contributed by atoms with Gasteiger partial charge in [-0.3, -0.25) is 4.90 Å². The normalized spacial score (nSPS) is 21.9. The van der Waals surface area contributed by atoms with Gasteiger partial charge in [0, 0.05) is 5.56 Å². The number of ether oxygens (including phenoxy) is 1. The highest BCUT2D eigenvalue weighted by atomic mass is 16.5. The second-order valence-corrected chi connectivity index (χ2v) is 6.11. The van der Waals surface area contributed by atoms with E-state index in [2.05, 4.69) is 44.9 Å². The zero-order valence-corrected chi connectivity index (χ0v) is 13.1. The molecule has 3 nitrogen and oxygen atoms in total. The van der Waals surface area contributed by atoms with E-state index in [-0.39, 0.29) is 6.04 Å². The topological polar surface area (TPSA) is 32.7 Å². The molecule has 1 aliphatic rings. The van der Waals surface area contributed by atoms with Gasteiger partial charge >= 0.3 is 0 Å². The quantitative estimate of drug-likeness (QED) is 0.896. The van der Waals surface area contributed by atoms with Crippen LogP contribution in [0.3, 0.4) is 0 Å². The van der Waals surface area contributed by atoms with Crippen LogP contribution in [0.1, 0.15) is 56.8 Å². The van der Waals surface area contributed by atoms with E-state index in [1.54, 1.807) is 0 Å².